The summed E-state index contributed by atoms with van der Waals surface area (Å²) in [5.74, 6) is -0.494. The molecule has 1 aliphatic heterocycles. The van der Waals surface area contributed by atoms with Crippen molar-refractivity contribution in [2.24, 2.45) is 11.8 Å². The lowest BCUT2D eigenvalue weighted by atomic mass is 9.94. The molecule has 5 heteroatoms. The molecular formula is C16H19FN2O2. The molecule has 1 saturated carbocycles. The lowest BCUT2D eigenvalue weighted by molar-refractivity contribution is -0.135. The van der Waals surface area contributed by atoms with E-state index in [0.29, 0.717) is 5.69 Å². The standard InChI is InChI=1S/C16H19FN2O2/c1-9(2)14-15(20)18-13(10-6-7-10)16(21)19(14)12-5-3-4-11(17)8-12/h3-5,8-10,13-14H,6-7H2,1-2H3,(H,18,20). The lowest BCUT2D eigenvalue weighted by Gasteiger charge is -2.41. The van der Waals surface area contributed by atoms with Crippen LogP contribution in [0.3, 0.4) is 0 Å². The van der Waals surface area contributed by atoms with Crippen LogP contribution in [0.5, 0.6) is 0 Å². The number of carbonyl (C=O) groups excluding carboxylic acids is 2. The van der Waals surface area contributed by atoms with Crippen LogP contribution in [0.15, 0.2) is 24.3 Å². The number of halogens is 1. The number of benzene rings is 1. The summed E-state index contributed by atoms with van der Waals surface area (Å²) in [6.45, 7) is 3.78. The number of hydrogen-bond donors (Lipinski definition) is 1. The number of hydrogen-bond acceptors (Lipinski definition) is 2. The summed E-state index contributed by atoms with van der Waals surface area (Å²) >= 11 is 0. The highest BCUT2D eigenvalue weighted by Gasteiger charge is 2.48. The van der Waals surface area contributed by atoms with Crippen molar-refractivity contribution >= 4 is 17.5 Å². The first-order valence-electron chi connectivity index (χ1n) is 7.38. The van der Waals surface area contributed by atoms with Crippen LogP contribution in [0.4, 0.5) is 10.1 Å². The maximum Gasteiger partial charge on any atom is 0.250 e. The summed E-state index contributed by atoms with van der Waals surface area (Å²) in [5.41, 5.74) is 0.458. The zero-order valence-electron chi connectivity index (χ0n) is 12.2. The van der Waals surface area contributed by atoms with Gasteiger partial charge in [0.1, 0.15) is 17.9 Å². The molecule has 2 aliphatic rings. The van der Waals surface area contributed by atoms with Crippen molar-refractivity contribution in [3.63, 3.8) is 0 Å². The van der Waals surface area contributed by atoms with E-state index in [4.69, 9.17) is 0 Å². The lowest BCUT2D eigenvalue weighted by Crippen LogP contribution is -2.65. The van der Waals surface area contributed by atoms with Gasteiger partial charge in [-0.05, 0) is 42.9 Å². The molecule has 1 aromatic rings. The molecule has 0 radical (unpaired) electrons. The van der Waals surface area contributed by atoms with Crippen LogP contribution < -0.4 is 10.2 Å². The van der Waals surface area contributed by atoms with Gasteiger partial charge in [-0.25, -0.2) is 4.39 Å². The molecule has 1 aromatic carbocycles. The molecule has 1 aliphatic carbocycles. The van der Waals surface area contributed by atoms with Crippen LogP contribution in [0.25, 0.3) is 0 Å². The molecule has 4 nitrogen and oxygen atoms in total. The maximum absolute atomic E-state index is 13.5. The number of nitrogens with one attached hydrogen (secondary N) is 1. The van der Waals surface area contributed by atoms with Crippen LogP contribution in [0.2, 0.25) is 0 Å². The number of carbonyl (C=O) groups is 2. The fourth-order valence-corrected chi connectivity index (χ4v) is 2.97. The van der Waals surface area contributed by atoms with Crippen LogP contribution in [-0.2, 0) is 9.59 Å². The Bertz CT molecular complexity index is 583. The third-order valence-corrected chi connectivity index (χ3v) is 4.16. The number of nitrogens with zero attached hydrogens (tertiary/aromatic N) is 1. The Kier molecular flexibility index (Phi) is 3.43. The van der Waals surface area contributed by atoms with Crippen molar-refractivity contribution in [1.82, 2.24) is 5.32 Å². The van der Waals surface area contributed by atoms with Crippen LogP contribution in [0.1, 0.15) is 26.7 Å². The first kappa shape index (κ1) is 14.0. The molecule has 0 spiro atoms. The molecule has 112 valence electrons. The van der Waals surface area contributed by atoms with E-state index in [0.717, 1.165) is 12.8 Å². The molecule has 1 saturated heterocycles. The van der Waals surface area contributed by atoms with Crippen molar-refractivity contribution in [2.45, 2.75) is 38.8 Å². The summed E-state index contributed by atoms with van der Waals surface area (Å²) in [5, 5.41) is 2.85. The van der Waals surface area contributed by atoms with Crippen LogP contribution in [0, 0.1) is 17.7 Å². The molecule has 3 rings (SSSR count). The first-order valence-corrected chi connectivity index (χ1v) is 7.38. The van der Waals surface area contributed by atoms with Crippen molar-refractivity contribution in [3.05, 3.63) is 30.1 Å². The molecule has 2 amide bonds. The smallest absolute Gasteiger partial charge is 0.250 e. The molecule has 21 heavy (non-hydrogen) atoms. The molecule has 2 atom stereocenters. The minimum Gasteiger partial charge on any atom is -0.342 e. The molecule has 1 N–H and O–H groups in total. The van der Waals surface area contributed by atoms with E-state index in [1.807, 2.05) is 13.8 Å². The summed E-state index contributed by atoms with van der Waals surface area (Å²) in [7, 11) is 0. The molecule has 2 unspecified atom stereocenters. The minimum atomic E-state index is -0.589. The van der Waals surface area contributed by atoms with Gasteiger partial charge in [0.15, 0.2) is 0 Å². The Morgan fingerprint density at radius 2 is 2.00 bits per heavy atom. The van der Waals surface area contributed by atoms with E-state index < -0.39 is 17.9 Å². The Labute approximate surface area is 123 Å². The van der Waals surface area contributed by atoms with E-state index in [1.54, 1.807) is 12.1 Å². The summed E-state index contributed by atoms with van der Waals surface area (Å²) in [4.78, 5) is 26.6. The first-order chi connectivity index (χ1) is 9.99. The molecule has 0 aromatic heterocycles. The Morgan fingerprint density at radius 1 is 1.29 bits per heavy atom. The highest BCUT2D eigenvalue weighted by molar-refractivity contribution is 6.08. The molecule has 1 heterocycles. The van der Waals surface area contributed by atoms with E-state index in [1.165, 1.54) is 17.0 Å². The number of amides is 2. The predicted molar refractivity (Wildman–Crippen MR) is 77.2 cm³/mol. The molecular weight excluding hydrogens is 271 g/mol. The average molecular weight is 290 g/mol. The average Bonchev–Trinajstić information content (AvgIpc) is 3.24. The van der Waals surface area contributed by atoms with E-state index in [-0.39, 0.29) is 23.7 Å². The predicted octanol–water partition coefficient (Wildman–Crippen LogP) is 2.09. The van der Waals surface area contributed by atoms with Gasteiger partial charge in [0.05, 0.1) is 0 Å². The molecule has 2 fully saturated rings. The zero-order chi connectivity index (χ0) is 15.1. The summed E-state index contributed by atoms with van der Waals surface area (Å²) in [6.07, 6.45) is 1.92. The monoisotopic (exact) mass is 290 g/mol. The van der Waals surface area contributed by atoms with Crippen LogP contribution in [-0.4, -0.2) is 23.9 Å². The fourth-order valence-electron chi connectivity index (χ4n) is 2.97. The summed E-state index contributed by atoms with van der Waals surface area (Å²) in [6, 6.07) is 4.84. The Hall–Kier alpha value is -1.91. The van der Waals surface area contributed by atoms with Crippen molar-refractivity contribution in [3.8, 4) is 0 Å². The second-order valence-corrected chi connectivity index (χ2v) is 6.20. The van der Waals surface area contributed by atoms with Gasteiger partial charge in [0, 0.05) is 5.69 Å². The van der Waals surface area contributed by atoms with Crippen molar-refractivity contribution < 1.29 is 14.0 Å². The normalized spacial score (nSPS) is 26.2. The third kappa shape index (κ3) is 2.52. The summed E-state index contributed by atoms with van der Waals surface area (Å²) < 4.78 is 13.5. The van der Waals surface area contributed by atoms with Gasteiger partial charge in [-0.2, -0.15) is 0 Å². The minimum absolute atomic E-state index is 0.0441. The largest absolute Gasteiger partial charge is 0.342 e. The Morgan fingerprint density at radius 3 is 2.57 bits per heavy atom. The highest BCUT2D eigenvalue weighted by Crippen LogP contribution is 2.37. The third-order valence-electron chi connectivity index (χ3n) is 4.16. The van der Waals surface area contributed by atoms with Gasteiger partial charge >= 0.3 is 0 Å². The van der Waals surface area contributed by atoms with Gasteiger partial charge in [0.25, 0.3) is 5.91 Å². The van der Waals surface area contributed by atoms with Gasteiger partial charge in [0.2, 0.25) is 5.91 Å². The number of piperazine rings is 1. The second-order valence-electron chi connectivity index (χ2n) is 6.20. The molecule has 0 bridgehead atoms. The fraction of sp³-hybridized carbons (Fsp3) is 0.500. The van der Waals surface area contributed by atoms with Gasteiger partial charge < -0.3 is 5.32 Å². The highest BCUT2D eigenvalue weighted by atomic mass is 19.1. The number of anilines is 1. The van der Waals surface area contributed by atoms with E-state index >= 15 is 0 Å². The van der Waals surface area contributed by atoms with Gasteiger partial charge in [-0.1, -0.05) is 19.9 Å². The van der Waals surface area contributed by atoms with Crippen molar-refractivity contribution in [1.29, 1.82) is 0 Å². The maximum atomic E-state index is 13.5. The van der Waals surface area contributed by atoms with Crippen molar-refractivity contribution in [2.75, 3.05) is 4.90 Å². The topological polar surface area (TPSA) is 49.4 Å². The second kappa shape index (κ2) is 5.13. The van der Waals surface area contributed by atoms with Gasteiger partial charge in [-0.15, -0.1) is 0 Å². The van der Waals surface area contributed by atoms with Crippen LogP contribution >= 0.6 is 0 Å². The Balaban J connectivity index is 2.01. The van der Waals surface area contributed by atoms with E-state index in [2.05, 4.69) is 5.32 Å². The number of rotatable bonds is 3. The SMILES string of the molecule is CC(C)C1C(=O)NC(C2CC2)C(=O)N1c1cccc(F)c1. The van der Waals surface area contributed by atoms with Gasteiger partial charge in [-0.3, -0.25) is 14.5 Å². The van der Waals surface area contributed by atoms with E-state index in [9.17, 15) is 14.0 Å². The quantitative estimate of drug-likeness (QED) is 0.926. The zero-order valence-corrected chi connectivity index (χ0v) is 12.2.